The molecule has 0 N–H and O–H groups in total. The second-order valence-electron chi connectivity index (χ2n) is 5.28. The van der Waals surface area contributed by atoms with E-state index >= 15 is 0 Å². The van der Waals surface area contributed by atoms with Gasteiger partial charge in [0.15, 0.2) is 16.9 Å². The molecule has 1 aromatic rings. The van der Waals surface area contributed by atoms with Crippen LogP contribution in [0.5, 0.6) is 11.5 Å². The lowest BCUT2D eigenvalue weighted by atomic mass is 9.87. The first-order valence-corrected chi connectivity index (χ1v) is 7.04. The van der Waals surface area contributed by atoms with Crippen LogP contribution >= 0.6 is 0 Å². The highest BCUT2D eigenvalue weighted by Crippen LogP contribution is 2.47. The summed E-state index contributed by atoms with van der Waals surface area (Å²) in [5.74, 6) is 1.14. The maximum atomic E-state index is 9.44. The first kappa shape index (κ1) is 16.9. The zero-order valence-corrected chi connectivity index (χ0v) is 13.8. The molecule has 120 valence electrons. The summed E-state index contributed by atoms with van der Waals surface area (Å²) in [6, 6.07) is 10.8. The number of benzene rings is 1. The fourth-order valence-corrected chi connectivity index (χ4v) is 2.54. The van der Waals surface area contributed by atoms with Gasteiger partial charge in [-0.15, -0.1) is 0 Å². The molecule has 1 aliphatic rings. The van der Waals surface area contributed by atoms with E-state index in [1.165, 1.54) is 14.2 Å². The Morgan fingerprint density at radius 2 is 1.58 bits per heavy atom. The van der Waals surface area contributed by atoms with Crippen molar-refractivity contribution in [3.8, 4) is 29.7 Å². The number of nitrogens with zero attached hydrogens (tertiary/aromatic N) is 3. The fourth-order valence-electron chi connectivity index (χ4n) is 2.54. The lowest BCUT2D eigenvalue weighted by Gasteiger charge is -2.27. The number of nitriles is 3. The van der Waals surface area contributed by atoms with Crippen molar-refractivity contribution in [1.82, 2.24) is 0 Å². The molecule has 1 atom stereocenters. The minimum atomic E-state index is -1.01. The number of rotatable bonds is 3. The summed E-state index contributed by atoms with van der Waals surface area (Å²) in [7, 11) is 3.07. The van der Waals surface area contributed by atoms with Crippen LogP contribution in [0.4, 0.5) is 0 Å². The average molecular weight is 321 g/mol. The van der Waals surface area contributed by atoms with E-state index in [0.717, 1.165) is 0 Å². The van der Waals surface area contributed by atoms with Crippen molar-refractivity contribution in [2.45, 2.75) is 19.4 Å². The molecule has 0 radical (unpaired) electrons. The van der Waals surface area contributed by atoms with Crippen LogP contribution in [-0.4, -0.2) is 14.2 Å². The quantitative estimate of drug-likeness (QED) is 0.793. The fraction of sp³-hybridized carbons (Fsp3) is 0.278. The molecule has 2 rings (SSSR count). The van der Waals surface area contributed by atoms with Gasteiger partial charge in [-0.2, -0.15) is 15.8 Å². The van der Waals surface area contributed by atoms with Gasteiger partial charge in [-0.25, -0.2) is 0 Å². The van der Waals surface area contributed by atoms with Gasteiger partial charge in [0.05, 0.1) is 19.8 Å². The van der Waals surface area contributed by atoms with Crippen LogP contribution in [0.2, 0.25) is 0 Å². The minimum absolute atomic E-state index is 0.00397. The van der Waals surface area contributed by atoms with Crippen molar-refractivity contribution in [3.05, 3.63) is 46.2 Å². The van der Waals surface area contributed by atoms with Crippen molar-refractivity contribution in [1.29, 1.82) is 15.8 Å². The zero-order chi connectivity index (χ0) is 17.9. The van der Waals surface area contributed by atoms with E-state index in [2.05, 4.69) is 0 Å². The lowest BCUT2D eigenvalue weighted by Crippen LogP contribution is -2.23. The minimum Gasteiger partial charge on any atom is -0.497 e. The van der Waals surface area contributed by atoms with E-state index in [0.29, 0.717) is 22.6 Å². The first-order chi connectivity index (χ1) is 11.4. The summed E-state index contributed by atoms with van der Waals surface area (Å²) >= 11 is 0. The molecule has 0 amide bonds. The molecule has 1 heterocycles. The van der Waals surface area contributed by atoms with Crippen molar-refractivity contribution in [2.75, 3.05) is 14.2 Å². The van der Waals surface area contributed by atoms with Gasteiger partial charge in [0.1, 0.15) is 29.7 Å². The Morgan fingerprint density at radius 3 is 2.00 bits per heavy atom. The number of methoxy groups -OCH3 is 2. The molecule has 0 aliphatic carbocycles. The van der Waals surface area contributed by atoms with Crippen LogP contribution in [0.15, 0.2) is 40.7 Å². The Hall–Kier alpha value is -3.43. The largest absolute Gasteiger partial charge is 0.497 e. The van der Waals surface area contributed by atoms with E-state index in [4.69, 9.17) is 24.7 Å². The summed E-state index contributed by atoms with van der Waals surface area (Å²) in [4.78, 5) is 0. The van der Waals surface area contributed by atoms with Gasteiger partial charge < -0.3 is 14.2 Å². The molecule has 24 heavy (non-hydrogen) atoms. The van der Waals surface area contributed by atoms with Crippen LogP contribution in [0.1, 0.15) is 19.4 Å². The molecule has 0 saturated heterocycles. The zero-order valence-electron chi connectivity index (χ0n) is 13.8. The number of hydrogen-bond acceptors (Lipinski definition) is 6. The van der Waals surface area contributed by atoms with E-state index in [1.54, 1.807) is 44.2 Å². The van der Waals surface area contributed by atoms with Crippen molar-refractivity contribution < 1.29 is 14.2 Å². The predicted octanol–water partition coefficient (Wildman–Crippen LogP) is 3.09. The summed E-state index contributed by atoms with van der Waals surface area (Å²) in [6.07, 6.45) is 0. The standard InChI is InChI=1S/C18H15N3O3/c1-11-16(10-21)17(12(8-19)9-20)24-18(11,2)13-5-14(22-3)7-15(6-13)23-4/h5-7H,1-4H3. The summed E-state index contributed by atoms with van der Waals surface area (Å²) in [6.45, 7) is 3.51. The van der Waals surface area contributed by atoms with E-state index in [1.807, 2.05) is 6.07 Å². The monoisotopic (exact) mass is 321 g/mol. The maximum Gasteiger partial charge on any atom is 0.172 e. The van der Waals surface area contributed by atoms with Gasteiger partial charge in [-0.05, 0) is 31.6 Å². The summed E-state index contributed by atoms with van der Waals surface area (Å²) in [5, 5.41) is 27.7. The van der Waals surface area contributed by atoms with Gasteiger partial charge >= 0.3 is 0 Å². The molecular weight excluding hydrogens is 306 g/mol. The molecule has 1 aliphatic heterocycles. The molecule has 0 fully saturated rings. The normalized spacial score (nSPS) is 19.0. The number of hydrogen-bond donors (Lipinski definition) is 0. The molecule has 1 unspecified atom stereocenters. The van der Waals surface area contributed by atoms with Gasteiger partial charge in [0.2, 0.25) is 0 Å². The predicted molar refractivity (Wildman–Crippen MR) is 84.5 cm³/mol. The SMILES string of the molecule is COc1cc(OC)cc(C2(C)OC(=C(C#N)C#N)C(C#N)=C2C)c1. The van der Waals surface area contributed by atoms with Crippen LogP contribution in [0.3, 0.4) is 0 Å². The van der Waals surface area contributed by atoms with E-state index < -0.39 is 5.60 Å². The van der Waals surface area contributed by atoms with Crippen molar-refractivity contribution in [2.24, 2.45) is 0 Å². The van der Waals surface area contributed by atoms with Crippen molar-refractivity contribution >= 4 is 0 Å². The first-order valence-electron chi connectivity index (χ1n) is 7.04. The Kier molecular flexibility index (Phi) is 4.49. The molecule has 6 nitrogen and oxygen atoms in total. The van der Waals surface area contributed by atoms with Crippen LogP contribution in [0, 0.1) is 34.0 Å². The lowest BCUT2D eigenvalue weighted by molar-refractivity contribution is 0.0723. The molecule has 0 saturated carbocycles. The molecular formula is C18H15N3O3. The summed E-state index contributed by atoms with van der Waals surface area (Å²) < 4.78 is 16.5. The Morgan fingerprint density at radius 1 is 1.04 bits per heavy atom. The maximum absolute atomic E-state index is 9.44. The average Bonchev–Trinajstić information content (AvgIpc) is 2.87. The Bertz CT molecular complexity index is 840. The highest BCUT2D eigenvalue weighted by atomic mass is 16.5. The molecule has 1 aromatic carbocycles. The number of ether oxygens (including phenoxy) is 3. The number of allylic oxidation sites excluding steroid dienone is 2. The Labute approximate surface area is 140 Å². The Balaban J connectivity index is 2.71. The van der Waals surface area contributed by atoms with Gasteiger partial charge in [-0.1, -0.05) is 0 Å². The van der Waals surface area contributed by atoms with Crippen LogP contribution in [-0.2, 0) is 10.3 Å². The topological polar surface area (TPSA) is 99.1 Å². The second kappa shape index (κ2) is 6.36. The van der Waals surface area contributed by atoms with Crippen LogP contribution in [0.25, 0.3) is 0 Å². The summed E-state index contributed by atoms with van der Waals surface area (Å²) in [5.41, 5.74) is 0.246. The van der Waals surface area contributed by atoms with Gasteiger partial charge in [-0.3, -0.25) is 0 Å². The third kappa shape index (κ3) is 2.53. The highest BCUT2D eigenvalue weighted by Gasteiger charge is 2.43. The molecule has 0 aromatic heterocycles. The molecule has 0 bridgehead atoms. The van der Waals surface area contributed by atoms with E-state index in [9.17, 15) is 5.26 Å². The van der Waals surface area contributed by atoms with E-state index in [-0.39, 0.29) is 16.9 Å². The highest BCUT2D eigenvalue weighted by molar-refractivity contribution is 5.59. The second-order valence-corrected chi connectivity index (χ2v) is 5.28. The molecule has 6 heteroatoms. The van der Waals surface area contributed by atoms with Crippen LogP contribution < -0.4 is 9.47 Å². The van der Waals surface area contributed by atoms with Crippen molar-refractivity contribution in [3.63, 3.8) is 0 Å². The van der Waals surface area contributed by atoms with Gasteiger partial charge in [0.25, 0.3) is 0 Å². The smallest absolute Gasteiger partial charge is 0.172 e. The third-order valence-corrected chi connectivity index (χ3v) is 4.09. The third-order valence-electron chi connectivity index (χ3n) is 4.09. The molecule has 0 spiro atoms. The van der Waals surface area contributed by atoms with Gasteiger partial charge in [0, 0.05) is 11.6 Å².